The topological polar surface area (TPSA) is 0 Å². The zero-order chi connectivity index (χ0) is 12.7. The largest absolute Gasteiger partial charge is 0.0613 e. The fraction of sp³-hybridized carbons (Fsp3) is 0.222. The van der Waals surface area contributed by atoms with Crippen LogP contribution >= 0.6 is 0 Å². The fourth-order valence-corrected chi connectivity index (χ4v) is 2.93. The first-order valence-electron chi connectivity index (χ1n) is 6.63. The van der Waals surface area contributed by atoms with E-state index in [0.29, 0.717) is 0 Å². The molecule has 3 aromatic carbocycles. The number of rotatable bonds is 1. The Morgan fingerprint density at radius 2 is 1.50 bits per heavy atom. The summed E-state index contributed by atoms with van der Waals surface area (Å²) in [5, 5.41) is 5.63. The molecule has 0 nitrogen and oxygen atoms in total. The second-order valence-corrected chi connectivity index (χ2v) is 5.06. The smallest absolute Gasteiger partial charge is 0.00706 e. The van der Waals surface area contributed by atoms with Gasteiger partial charge in [0.1, 0.15) is 0 Å². The molecule has 18 heavy (non-hydrogen) atoms. The second-order valence-electron chi connectivity index (χ2n) is 5.06. The normalized spacial score (nSPS) is 11.3. The van der Waals surface area contributed by atoms with Gasteiger partial charge in [0.05, 0.1) is 0 Å². The van der Waals surface area contributed by atoms with Gasteiger partial charge in [-0.15, -0.1) is 0 Å². The van der Waals surface area contributed by atoms with E-state index in [9.17, 15) is 0 Å². The molecule has 0 saturated heterocycles. The van der Waals surface area contributed by atoms with Crippen molar-refractivity contribution in [2.75, 3.05) is 0 Å². The molecule has 0 aliphatic rings. The van der Waals surface area contributed by atoms with Gasteiger partial charge in [0.15, 0.2) is 0 Å². The summed E-state index contributed by atoms with van der Waals surface area (Å²) in [6, 6.07) is 15.6. The van der Waals surface area contributed by atoms with E-state index in [0.717, 1.165) is 6.42 Å². The first-order chi connectivity index (χ1) is 8.72. The van der Waals surface area contributed by atoms with Gasteiger partial charge in [-0.2, -0.15) is 0 Å². The van der Waals surface area contributed by atoms with Crippen LogP contribution in [0.4, 0.5) is 0 Å². The van der Waals surface area contributed by atoms with Crippen LogP contribution in [0.5, 0.6) is 0 Å². The van der Waals surface area contributed by atoms with Crippen LogP contribution < -0.4 is 0 Å². The van der Waals surface area contributed by atoms with Crippen LogP contribution in [0.1, 0.15) is 23.6 Å². The summed E-state index contributed by atoms with van der Waals surface area (Å²) in [6.07, 6.45) is 1.09. The third-order valence-corrected chi connectivity index (χ3v) is 3.91. The number of fused-ring (bicyclic) bond motifs is 3. The van der Waals surface area contributed by atoms with Gasteiger partial charge in [0.25, 0.3) is 0 Å². The van der Waals surface area contributed by atoms with Crippen LogP contribution in [-0.4, -0.2) is 0 Å². The third kappa shape index (κ3) is 1.53. The standard InChI is InChI=1S/C18H18/c1-4-14-8-6-9-15-13(3)11-17-12(2)7-5-10-16(17)18(14)15/h5-11H,4H2,1-3H3. The molecule has 0 amide bonds. The summed E-state index contributed by atoms with van der Waals surface area (Å²) < 4.78 is 0. The molecule has 0 radical (unpaired) electrons. The highest BCUT2D eigenvalue weighted by molar-refractivity contribution is 6.11. The lowest BCUT2D eigenvalue weighted by atomic mass is 9.92. The van der Waals surface area contributed by atoms with Crippen LogP contribution in [0.15, 0.2) is 42.5 Å². The van der Waals surface area contributed by atoms with Crippen LogP contribution in [0.2, 0.25) is 0 Å². The van der Waals surface area contributed by atoms with Gasteiger partial charge in [-0.1, -0.05) is 49.4 Å². The SMILES string of the molecule is CCc1cccc2c(C)cc3c(C)cccc3c12. The highest BCUT2D eigenvalue weighted by Gasteiger charge is 2.08. The molecule has 0 heterocycles. The van der Waals surface area contributed by atoms with Crippen LogP contribution in [0.25, 0.3) is 21.5 Å². The minimum Gasteiger partial charge on any atom is -0.0613 e. The van der Waals surface area contributed by atoms with Gasteiger partial charge < -0.3 is 0 Å². The summed E-state index contributed by atoms with van der Waals surface area (Å²) in [7, 11) is 0. The number of benzene rings is 3. The molecule has 0 saturated carbocycles. The maximum atomic E-state index is 2.33. The maximum Gasteiger partial charge on any atom is -0.00706 e. The molecule has 3 aromatic rings. The number of hydrogen-bond acceptors (Lipinski definition) is 0. The average molecular weight is 234 g/mol. The molecular formula is C18H18. The van der Waals surface area contributed by atoms with Crippen molar-refractivity contribution < 1.29 is 0 Å². The molecule has 0 heteroatoms. The molecule has 0 unspecified atom stereocenters. The van der Waals surface area contributed by atoms with E-state index in [2.05, 4.69) is 63.2 Å². The first kappa shape index (κ1) is 11.3. The molecule has 3 rings (SSSR count). The average Bonchev–Trinajstić information content (AvgIpc) is 2.40. The van der Waals surface area contributed by atoms with Crippen molar-refractivity contribution in [2.24, 2.45) is 0 Å². The van der Waals surface area contributed by atoms with Crippen molar-refractivity contribution in [3.8, 4) is 0 Å². The molecule has 90 valence electrons. The lowest BCUT2D eigenvalue weighted by molar-refractivity contribution is 1.16. The van der Waals surface area contributed by atoms with Crippen molar-refractivity contribution in [2.45, 2.75) is 27.2 Å². The molecule has 0 spiro atoms. The predicted octanol–water partition coefficient (Wildman–Crippen LogP) is 5.17. The molecule has 0 N–H and O–H groups in total. The third-order valence-electron chi connectivity index (χ3n) is 3.91. The summed E-state index contributed by atoms with van der Waals surface area (Å²) >= 11 is 0. The van der Waals surface area contributed by atoms with E-state index in [1.807, 2.05) is 0 Å². The van der Waals surface area contributed by atoms with Gasteiger partial charge in [0, 0.05) is 0 Å². The summed E-state index contributed by atoms with van der Waals surface area (Å²) in [6.45, 7) is 6.65. The highest BCUT2D eigenvalue weighted by atomic mass is 14.1. The van der Waals surface area contributed by atoms with Crippen LogP contribution in [-0.2, 0) is 6.42 Å². The Bertz CT molecular complexity index is 736. The van der Waals surface area contributed by atoms with E-state index in [-0.39, 0.29) is 0 Å². The lowest BCUT2D eigenvalue weighted by Crippen LogP contribution is -1.89. The Hall–Kier alpha value is -1.82. The van der Waals surface area contributed by atoms with Gasteiger partial charge in [-0.3, -0.25) is 0 Å². The zero-order valence-electron chi connectivity index (χ0n) is 11.2. The summed E-state index contributed by atoms with van der Waals surface area (Å²) in [4.78, 5) is 0. The van der Waals surface area contributed by atoms with Crippen LogP contribution in [0.3, 0.4) is 0 Å². The molecule has 0 bridgehead atoms. The second kappa shape index (κ2) is 4.13. The van der Waals surface area contributed by atoms with Gasteiger partial charge >= 0.3 is 0 Å². The van der Waals surface area contributed by atoms with E-state index < -0.39 is 0 Å². The van der Waals surface area contributed by atoms with Crippen molar-refractivity contribution >= 4 is 21.5 Å². The molecule has 0 atom stereocenters. The van der Waals surface area contributed by atoms with Gasteiger partial charge in [0.2, 0.25) is 0 Å². The number of aryl methyl sites for hydroxylation is 3. The van der Waals surface area contributed by atoms with E-state index in [1.54, 1.807) is 0 Å². The van der Waals surface area contributed by atoms with E-state index in [4.69, 9.17) is 0 Å². The Morgan fingerprint density at radius 1 is 0.778 bits per heavy atom. The minimum absolute atomic E-state index is 1.09. The van der Waals surface area contributed by atoms with Crippen molar-refractivity contribution in [3.63, 3.8) is 0 Å². The Kier molecular flexibility index (Phi) is 2.59. The molecule has 0 fully saturated rings. The zero-order valence-corrected chi connectivity index (χ0v) is 11.2. The maximum absolute atomic E-state index is 2.33. The van der Waals surface area contributed by atoms with Gasteiger partial charge in [-0.25, -0.2) is 0 Å². The first-order valence-corrected chi connectivity index (χ1v) is 6.63. The van der Waals surface area contributed by atoms with Gasteiger partial charge in [-0.05, 0) is 58.5 Å². The quantitative estimate of drug-likeness (QED) is 0.509. The molecule has 0 aliphatic heterocycles. The van der Waals surface area contributed by atoms with Crippen molar-refractivity contribution in [1.29, 1.82) is 0 Å². The Labute approximate surface area is 108 Å². The molecule has 0 aliphatic carbocycles. The van der Waals surface area contributed by atoms with Crippen molar-refractivity contribution in [3.05, 3.63) is 59.2 Å². The minimum atomic E-state index is 1.09. The van der Waals surface area contributed by atoms with E-state index in [1.165, 1.54) is 38.2 Å². The summed E-state index contributed by atoms with van der Waals surface area (Å²) in [5.41, 5.74) is 4.19. The number of hydrogen-bond donors (Lipinski definition) is 0. The Balaban J connectivity index is 2.63. The summed E-state index contributed by atoms with van der Waals surface area (Å²) in [5.74, 6) is 0. The predicted molar refractivity (Wildman–Crippen MR) is 80.3 cm³/mol. The van der Waals surface area contributed by atoms with E-state index >= 15 is 0 Å². The van der Waals surface area contributed by atoms with Crippen LogP contribution in [0, 0.1) is 13.8 Å². The Morgan fingerprint density at radius 3 is 2.28 bits per heavy atom. The van der Waals surface area contributed by atoms with Crippen molar-refractivity contribution in [1.82, 2.24) is 0 Å². The molecular weight excluding hydrogens is 216 g/mol. The lowest BCUT2D eigenvalue weighted by Gasteiger charge is -2.12. The fourth-order valence-electron chi connectivity index (χ4n) is 2.93. The highest BCUT2D eigenvalue weighted by Crippen LogP contribution is 2.32. The monoisotopic (exact) mass is 234 g/mol. The molecule has 0 aromatic heterocycles.